The summed E-state index contributed by atoms with van der Waals surface area (Å²) in [4.78, 5) is 12.9. The predicted octanol–water partition coefficient (Wildman–Crippen LogP) is 5.17. The summed E-state index contributed by atoms with van der Waals surface area (Å²) in [5.41, 5.74) is 1.89. The molecule has 2 aliphatic rings. The van der Waals surface area contributed by atoms with Gasteiger partial charge in [-0.15, -0.1) is 0 Å². The molecule has 0 bridgehead atoms. The van der Waals surface area contributed by atoms with Crippen LogP contribution in [0.3, 0.4) is 0 Å². The first kappa shape index (κ1) is 18.2. The van der Waals surface area contributed by atoms with Gasteiger partial charge in [0.25, 0.3) is 0 Å². The average molecular weight is 387 g/mol. The Labute approximate surface area is 162 Å². The SMILES string of the molecule is O=C1C(c2ccccc2)=COC2CC(OCc3c(F)cccc3Cl)CCC12. The monoisotopic (exact) mass is 386 g/mol. The molecule has 140 valence electrons. The van der Waals surface area contributed by atoms with E-state index in [1.165, 1.54) is 6.07 Å². The Hall–Kier alpha value is -2.17. The van der Waals surface area contributed by atoms with E-state index in [1.54, 1.807) is 18.4 Å². The van der Waals surface area contributed by atoms with Gasteiger partial charge in [-0.25, -0.2) is 4.39 Å². The lowest BCUT2D eigenvalue weighted by atomic mass is 9.78. The molecule has 0 spiro atoms. The topological polar surface area (TPSA) is 35.5 Å². The first-order valence-corrected chi connectivity index (χ1v) is 9.51. The molecule has 5 heteroatoms. The van der Waals surface area contributed by atoms with E-state index in [-0.39, 0.29) is 36.3 Å². The minimum Gasteiger partial charge on any atom is -0.496 e. The van der Waals surface area contributed by atoms with Gasteiger partial charge in [0.15, 0.2) is 5.78 Å². The molecule has 1 fully saturated rings. The fraction of sp³-hybridized carbons (Fsp3) is 0.318. The van der Waals surface area contributed by atoms with Crippen LogP contribution in [0.1, 0.15) is 30.4 Å². The maximum Gasteiger partial charge on any atom is 0.173 e. The van der Waals surface area contributed by atoms with Crippen LogP contribution in [-0.2, 0) is 20.9 Å². The zero-order valence-corrected chi connectivity index (χ0v) is 15.5. The van der Waals surface area contributed by atoms with E-state index in [0.29, 0.717) is 29.0 Å². The molecule has 1 aliphatic carbocycles. The van der Waals surface area contributed by atoms with Gasteiger partial charge in [0.1, 0.15) is 11.9 Å². The number of hydrogen-bond acceptors (Lipinski definition) is 3. The van der Waals surface area contributed by atoms with E-state index < -0.39 is 0 Å². The molecule has 2 aromatic carbocycles. The first-order chi connectivity index (χ1) is 13.1. The number of ketones is 1. The summed E-state index contributed by atoms with van der Waals surface area (Å²) >= 11 is 6.05. The van der Waals surface area contributed by atoms with Gasteiger partial charge in [-0.3, -0.25) is 4.79 Å². The highest BCUT2D eigenvalue weighted by Crippen LogP contribution is 2.37. The molecule has 0 aromatic heterocycles. The second kappa shape index (κ2) is 7.83. The van der Waals surface area contributed by atoms with Crippen LogP contribution in [0.15, 0.2) is 54.8 Å². The first-order valence-electron chi connectivity index (χ1n) is 9.13. The summed E-state index contributed by atoms with van der Waals surface area (Å²) in [6.07, 6.45) is 3.35. The molecule has 0 saturated heterocycles. The number of Topliss-reactive ketones (excluding diaryl/α,β-unsaturated/α-hetero) is 1. The van der Waals surface area contributed by atoms with E-state index in [4.69, 9.17) is 21.1 Å². The quantitative estimate of drug-likeness (QED) is 0.726. The second-order valence-corrected chi connectivity index (χ2v) is 7.40. The number of ether oxygens (including phenoxy) is 2. The highest BCUT2D eigenvalue weighted by molar-refractivity contribution is 6.31. The highest BCUT2D eigenvalue weighted by atomic mass is 35.5. The van der Waals surface area contributed by atoms with Gasteiger partial charge in [0.05, 0.1) is 30.5 Å². The van der Waals surface area contributed by atoms with Crippen molar-refractivity contribution < 1.29 is 18.7 Å². The summed E-state index contributed by atoms with van der Waals surface area (Å²) < 4.78 is 25.7. The Kier molecular flexibility index (Phi) is 5.28. The summed E-state index contributed by atoms with van der Waals surface area (Å²) in [6, 6.07) is 14.2. The molecule has 3 nitrogen and oxygen atoms in total. The largest absolute Gasteiger partial charge is 0.496 e. The van der Waals surface area contributed by atoms with Crippen molar-refractivity contribution in [1.29, 1.82) is 0 Å². The van der Waals surface area contributed by atoms with E-state index in [2.05, 4.69) is 0 Å². The van der Waals surface area contributed by atoms with Crippen LogP contribution in [0.5, 0.6) is 0 Å². The normalized spacial score (nSPS) is 24.7. The van der Waals surface area contributed by atoms with Crippen LogP contribution >= 0.6 is 11.6 Å². The number of hydrogen-bond donors (Lipinski definition) is 0. The Morgan fingerprint density at radius 3 is 2.70 bits per heavy atom. The van der Waals surface area contributed by atoms with Crippen molar-refractivity contribution in [3.63, 3.8) is 0 Å². The standard InChI is InChI=1S/C22H20ClFO3/c23-19-7-4-8-20(24)18(19)13-26-15-9-10-16-21(11-15)27-12-17(22(16)25)14-5-2-1-3-6-14/h1-8,12,15-16,21H,9-11,13H2. The Bertz CT molecular complexity index is 845. The van der Waals surface area contributed by atoms with E-state index in [0.717, 1.165) is 12.0 Å². The van der Waals surface area contributed by atoms with Gasteiger partial charge in [0, 0.05) is 17.0 Å². The minimum absolute atomic E-state index is 0.0820. The predicted molar refractivity (Wildman–Crippen MR) is 102 cm³/mol. The summed E-state index contributed by atoms with van der Waals surface area (Å²) in [5, 5.41) is 0.364. The summed E-state index contributed by atoms with van der Waals surface area (Å²) in [6.45, 7) is 0.118. The molecule has 1 aliphatic heterocycles. The van der Waals surface area contributed by atoms with Crippen LogP contribution < -0.4 is 0 Å². The molecule has 1 heterocycles. The molecule has 3 atom stereocenters. The summed E-state index contributed by atoms with van der Waals surface area (Å²) in [5.74, 6) is -0.383. The third kappa shape index (κ3) is 3.78. The smallest absolute Gasteiger partial charge is 0.173 e. The van der Waals surface area contributed by atoms with Crippen molar-refractivity contribution >= 4 is 23.0 Å². The lowest BCUT2D eigenvalue weighted by molar-refractivity contribution is -0.128. The molecule has 2 aromatic rings. The van der Waals surface area contributed by atoms with Crippen molar-refractivity contribution in [2.45, 2.75) is 38.1 Å². The number of benzene rings is 2. The number of rotatable bonds is 4. The van der Waals surface area contributed by atoms with Gasteiger partial charge in [0.2, 0.25) is 0 Å². The zero-order chi connectivity index (χ0) is 18.8. The number of carbonyl (C=O) groups is 1. The minimum atomic E-state index is -0.365. The fourth-order valence-corrected chi connectivity index (χ4v) is 4.02. The zero-order valence-electron chi connectivity index (χ0n) is 14.7. The number of fused-ring (bicyclic) bond motifs is 1. The highest BCUT2D eigenvalue weighted by Gasteiger charge is 2.40. The van der Waals surface area contributed by atoms with Crippen molar-refractivity contribution in [3.05, 3.63) is 76.8 Å². The van der Waals surface area contributed by atoms with Crippen LogP contribution in [0.4, 0.5) is 4.39 Å². The molecule has 0 radical (unpaired) electrons. The second-order valence-electron chi connectivity index (χ2n) is 6.99. The van der Waals surface area contributed by atoms with E-state index >= 15 is 0 Å². The average Bonchev–Trinajstić information content (AvgIpc) is 2.68. The molecule has 27 heavy (non-hydrogen) atoms. The van der Waals surface area contributed by atoms with Crippen LogP contribution in [0.25, 0.3) is 5.57 Å². The van der Waals surface area contributed by atoms with Crippen molar-refractivity contribution in [2.75, 3.05) is 0 Å². The Balaban J connectivity index is 1.41. The third-order valence-corrected chi connectivity index (χ3v) is 5.67. The molecule has 1 saturated carbocycles. The van der Waals surface area contributed by atoms with Crippen molar-refractivity contribution in [3.8, 4) is 0 Å². The van der Waals surface area contributed by atoms with Crippen LogP contribution in [0.2, 0.25) is 5.02 Å². The van der Waals surface area contributed by atoms with Gasteiger partial charge in [-0.1, -0.05) is 48.0 Å². The lowest BCUT2D eigenvalue weighted by Crippen LogP contribution is -2.41. The maximum atomic E-state index is 13.9. The molecular formula is C22H20ClFO3. The summed E-state index contributed by atoms with van der Waals surface area (Å²) in [7, 11) is 0. The fourth-order valence-electron chi connectivity index (χ4n) is 3.81. The van der Waals surface area contributed by atoms with Crippen molar-refractivity contribution in [1.82, 2.24) is 0 Å². The molecule has 0 N–H and O–H groups in total. The van der Waals surface area contributed by atoms with Gasteiger partial charge in [-0.2, -0.15) is 0 Å². The lowest BCUT2D eigenvalue weighted by Gasteiger charge is -2.37. The van der Waals surface area contributed by atoms with E-state index in [1.807, 2.05) is 30.3 Å². The van der Waals surface area contributed by atoms with Gasteiger partial charge < -0.3 is 9.47 Å². The van der Waals surface area contributed by atoms with Crippen molar-refractivity contribution in [2.24, 2.45) is 5.92 Å². The number of carbonyl (C=O) groups excluding carboxylic acids is 1. The van der Waals surface area contributed by atoms with Gasteiger partial charge >= 0.3 is 0 Å². The number of allylic oxidation sites excluding steroid dienone is 1. The molecule has 0 amide bonds. The van der Waals surface area contributed by atoms with E-state index in [9.17, 15) is 9.18 Å². The van der Waals surface area contributed by atoms with Crippen LogP contribution in [-0.4, -0.2) is 18.0 Å². The Morgan fingerprint density at radius 1 is 1.11 bits per heavy atom. The Morgan fingerprint density at radius 2 is 1.93 bits per heavy atom. The van der Waals surface area contributed by atoms with Crippen LogP contribution in [0, 0.1) is 11.7 Å². The number of halogens is 2. The molecule has 4 rings (SSSR count). The third-order valence-electron chi connectivity index (χ3n) is 5.32. The molecule has 3 unspecified atom stereocenters. The van der Waals surface area contributed by atoms with Gasteiger partial charge in [-0.05, 0) is 30.5 Å². The molecular weight excluding hydrogens is 367 g/mol. The maximum absolute atomic E-state index is 13.9.